The molecule has 0 radical (unpaired) electrons. The van der Waals surface area contributed by atoms with Gasteiger partial charge in [0.1, 0.15) is 10.7 Å². The van der Waals surface area contributed by atoms with E-state index in [0.29, 0.717) is 21.6 Å². The average Bonchev–Trinajstić information content (AvgIpc) is 3.20. The second-order valence-corrected chi connectivity index (χ2v) is 6.87. The van der Waals surface area contributed by atoms with Crippen LogP contribution in [0.5, 0.6) is 0 Å². The summed E-state index contributed by atoms with van der Waals surface area (Å²) in [4.78, 5) is 40.6. The molecule has 1 fully saturated rings. The van der Waals surface area contributed by atoms with E-state index in [1.807, 2.05) is 0 Å². The summed E-state index contributed by atoms with van der Waals surface area (Å²) in [5.74, 6) is -0.887. The zero-order chi connectivity index (χ0) is 19.1. The quantitative estimate of drug-likeness (QED) is 0.357. The number of rotatable bonds is 3. The summed E-state index contributed by atoms with van der Waals surface area (Å²) in [6, 6.07) is 9.06. The normalized spacial score (nSPS) is 15.9. The summed E-state index contributed by atoms with van der Waals surface area (Å²) in [5, 5.41) is 11.3. The van der Waals surface area contributed by atoms with Crippen LogP contribution in [0.25, 0.3) is 17.0 Å². The molecule has 2 amide bonds. The molecule has 0 aliphatic carbocycles. The van der Waals surface area contributed by atoms with Gasteiger partial charge in [0.05, 0.1) is 22.2 Å². The fraction of sp³-hybridized carbons (Fsp3) is 0. The molecule has 1 aromatic carbocycles. The van der Waals surface area contributed by atoms with Gasteiger partial charge in [-0.05, 0) is 42.1 Å². The van der Waals surface area contributed by atoms with Gasteiger partial charge in [-0.3, -0.25) is 24.7 Å². The summed E-state index contributed by atoms with van der Waals surface area (Å²) in [6.45, 7) is 0. The Bertz CT molecular complexity index is 1160. The lowest BCUT2D eigenvalue weighted by Gasteiger charge is -2.14. The maximum Gasteiger partial charge on any atom is 0.433 e. The minimum Gasteiger partial charge on any atom is -0.401 e. The Morgan fingerprint density at radius 1 is 1.22 bits per heavy atom. The van der Waals surface area contributed by atoms with E-state index in [1.54, 1.807) is 24.3 Å². The number of halogens is 1. The highest BCUT2D eigenvalue weighted by molar-refractivity contribution is 8.19. The number of hydrogen-bond donors (Lipinski definition) is 0. The second-order valence-electron chi connectivity index (χ2n) is 5.44. The van der Waals surface area contributed by atoms with E-state index in [4.69, 9.17) is 16.0 Å². The van der Waals surface area contributed by atoms with Gasteiger partial charge in [-0.15, -0.1) is 0 Å². The smallest absolute Gasteiger partial charge is 0.401 e. The van der Waals surface area contributed by atoms with Crippen molar-refractivity contribution in [1.82, 2.24) is 4.98 Å². The standard InChI is InChI=1S/C17H8ClN3O5S/c18-9-1-3-11-12(7-9)19-6-5-13(11)20-16(22)14(27-17(20)23)8-10-2-4-15(26-10)21(24)25/h1-8H/b14-8-. The predicted molar refractivity (Wildman–Crippen MR) is 101 cm³/mol. The van der Waals surface area contributed by atoms with Crippen molar-refractivity contribution < 1.29 is 18.9 Å². The molecule has 2 aromatic heterocycles. The molecule has 0 atom stereocenters. The molecule has 0 N–H and O–H groups in total. The third-order valence-electron chi connectivity index (χ3n) is 3.78. The van der Waals surface area contributed by atoms with Crippen LogP contribution in [0.2, 0.25) is 5.02 Å². The van der Waals surface area contributed by atoms with E-state index in [2.05, 4.69) is 4.98 Å². The lowest BCUT2D eigenvalue weighted by atomic mass is 10.1. The van der Waals surface area contributed by atoms with E-state index < -0.39 is 22.0 Å². The van der Waals surface area contributed by atoms with Gasteiger partial charge in [-0.25, -0.2) is 4.90 Å². The lowest BCUT2D eigenvalue weighted by Crippen LogP contribution is -2.27. The van der Waals surface area contributed by atoms with Gasteiger partial charge in [-0.1, -0.05) is 11.6 Å². The molecule has 3 aromatic rings. The number of amides is 2. The van der Waals surface area contributed by atoms with Gasteiger partial charge in [0.25, 0.3) is 11.1 Å². The average molecular weight is 402 g/mol. The Labute approximate surface area is 160 Å². The first-order valence-electron chi connectivity index (χ1n) is 7.50. The van der Waals surface area contributed by atoms with Crippen LogP contribution in [0.1, 0.15) is 5.76 Å². The van der Waals surface area contributed by atoms with Crippen LogP contribution in [0.4, 0.5) is 16.4 Å². The third-order valence-corrected chi connectivity index (χ3v) is 4.89. The van der Waals surface area contributed by atoms with E-state index in [-0.39, 0.29) is 10.7 Å². The molecular formula is C17H8ClN3O5S. The number of hydrogen-bond acceptors (Lipinski definition) is 7. The molecule has 1 aliphatic rings. The number of nitrogens with zero attached hydrogens (tertiary/aromatic N) is 3. The Kier molecular flexibility index (Phi) is 4.17. The van der Waals surface area contributed by atoms with Crippen LogP contribution >= 0.6 is 23.4 Å². The molecule has 27 heavy (non-hydrogen) atoms. The van der Waals surface area contributed by atoms with Crippen molar-refractivity contribution in [1.29, 1.82) is 0 Å². The Balaban J connectivity index is 1.73. The van der Waals surface area contributed by atoms with Gasteiger partial charge in [0.15, 0.2) is 0 Å². The predicted octanol–water partition coefficient (Wildman–Crippen LogP) is 4.63. The molecule has 8 nitrogen and oxygen atoms in total. The molecule has 3 heterocycles. The first-order valence-corrected chi connectivity index (χ1v) is 8.70. The number of imide groups is 1. The van der Waals surface area contributed by atoms with Gasteiger partial charge >= 0.3 is 5.88 Å². The lowest BCUT2D eigenvalue weighted by molar-refractivity contribution is -0.402. The topological polar surface area (TPSA) is 107 Å². The second kappa shape index (κ2) is 6.53. The SMILES string of the molecule is O=C1S/C(=C\c2ccc([N+](=O)[O-])o2)C(=O)N1c1ccnc2cc(Cl)ccc12. The number of aromatic nitrogens is 1. The number of benzene rings is 1. The summed E-state index contributed by atoms with van der Waals surface area (Å²) >= 11 is 6.69. The van der Waals surface area contributed by atoms with E-state index in [1.165, 1.54) is 24.4 Å². The molecule has 1 saturated heterocycles. The highest BCUT2D eigenvalue weighted by Gasteiger charge is 2.37. The first-order chi connectivity index (χ1) is 12.9. The molecule has 0 unspecified atom stereocenters. The maximum atomic E-state index is 12.8. The van der Waals surface area contributed by atoms with Gasteiger partial charge in [0.2, 0.25) is 0 Å². The molecule has 134 valence electrons. The van der Waals surface area contributed by atoms with Crippen molar-refractivity contribution in [3.8, 4) is 0 Å². The van der Waals surface area contributed by atoms with Crippen LogP contribution in [0.15, 0.2) is 51.9 Å². The fourth-order valence-electron chi connectivity index (χ4n) is 2.62. The van der Waals surface area contributed by atoms with Gasteiger partial charge in [-0.2, -0.15) is 0 Å². The zero-order valence-corrected chi connectivity index (χ0v) is 14.9. The molecule has 0 saturated carbocycles. The van der Waals surface area contributed by atoms with E-state index >= 15 is 0 Å². The van der Waals surface area contributed by atoms with Crippen molar-refractivity contribution in [2.75, 3.05) is 4.90 Å². The molecule has 1 aliphatic heterocycles. The fourth-order valence-corrected chi connectivity index (χ4v) is 3.60. The summed E-state index contributed by atoms with van der Waals surface area (Å²) in [5.41, 5.74) is 0.928. The number of fused-ring (bicyclic) bond motifs is 1. The molecule has 10 heteroatoms. The van der Waals surface area contributed by atoms with Crippen LogP contribution in [0.3, 0.4) is 0 Å². The summed E-state index contributed by atoms with van der Waals surface area (Å²) in [7, 11) is 0. The van der Waals surface area contributed by atoms with Gasteiger partial charge < -0.3 is 4.42 Å². The Morgan fingerprint density at radius 2 is 2.04 bits per heavy atom. The third kappa shape index (κ3) is 3.07. The highest BCUT2D eigenvalue weighted by Crippen LogP contribution is 2.38. The van der Waals surface area contributed by atoms with Crippen LogP contribution < -0.4 is 4.90 Å². The van der Waals surface area contributed by atoms with Gasteiger partial charge in [0, 0.05) is 22.7 Å². The monoisotopic (exact) mass is 401 g/mol. The molecule has 0 bridgehead atoms. The first kappa shape index (κ1) is 17.3. The van der Waals surface area contributed by atoms with Crippen molar-refractivity contribution >= 4 is 63.1 Å². The summed E-state index contributed by atoms with van der Waals surface area (Å²) in [6.07, 6.45) is 2.79. The molecule has 4 rings (SSSR count). The van der Waals surface area contributed by atoms with E-state index in [0.717, 1.165) is 16.7 Å². The summed E-state index contributed by atoms with van der Waals surface area (Å²) < 4.78 is 5.02. The minimum atomic E-state index is -0.683. The van der Waals surface area contributed by atoms with E-state index in [9.17, 15) is 19.7 Å². The molecular weight excluding hydrogens is 394 g/mol. The zero-order valence-electron chi connectivity index (χ0n) is 13.3. The number of carbonyl (C=O) groups is 2. The number of carbonyl (C=O) groups excluding carboxylic acids is 2. The largest absolute Gasteiger partial charge is 0.433 e. The number of anilines is 1. The number of thioether (sulfide) groups is 1. The van der Waals surface area contributed by atoms with Crippen LogP contribution in [-0.4, -0.2) is 21.1 Å². The minimum absolute atomic E-state index is 0.100. The Hall–Kier alpha value is -3.17. The van der Waals surface area contributed by atoms with Crippen molar-refractivity contribution in [3.05, 3.63) is 68.4 Å². The Morgan fingerprint density at radius 3 is 2.78 bits per heavy atom. The van der Waals surface area contributed by atoms with Crippen molar-refractivity contribution in [2.45, 2.75) is 0 Å². The van der Waals surface area contributed by atoms with Crippen LogP contribution in [-0.2, 0) is 4.79 Å². The number of pyridine rings is 1. The number of furan rings is 1. The maximum absolute atomic E-state index is 12.8. The highest BCUT2D eigenvalue weighted by atomic mass is 35.5. The number of nitro groups is 1. The van der Waals surface area contributed by atoms with Crippen LogP contribution in [0, 0.1) is 10.1 Å². The van der Waals surface area contributed by atoms with Crippen molar-refractivity contribution in [3.63, 3.8) is 0 Å². The molecule has 0 spiro atoms. The van der Waals surface area contributed by atoms with Crippen molar-refractivity contribution in [2.24, 2.45) is 0 Å².